The van der Waals surface area contributed by atoms with Gasteiger partial charge in [0.15, 0.2) is 0 Å². The summed E-state index contributed by atoms with van der Waals surface area (Å²) in [7, 11) is 0. The number of rotatable bonds is 6. The molecular weight excluding hydrogens is 394 g/mol. The van der Waals surface area contributed by atoms with Crippen LogP contribution >= 0.6 is 11.3 Å². The third kappa shape index (κ3) is 5.04. The minimum atomic E-state index is -0.202. The maximum absolute atomic E-state index is 12.5. The molecule has 1 aliphatic heterocycles. The highest BCUT2D eigenvalue weighted by Crippen LogP contribution is 2.20. The van der Waals surface area contributed by atoms with E-state index in [0.29, 0.717) is 5.01 Å². The third-order valence-electron chi connectivity index (χ3n) is 5.38. The molecule has 1 N–H and O–H groups in total. The number of aryl methyl sites for hydroxylation is 2. The number of hydrogen-bond acceptors (Lipinski definition) is 6. The number of nitrogens with one attached hydrogen (secondary N) is 1. The van der Waals surface area contributed by atoms with E-state index in [9.17, 15) is 4.79 Å². The first-order chi connectivity index (χ1) is 14.6. The molecule has 0 radical (unpaired) electrons. The molecule has 30 heavy (non-hydrogen) atoms. The Morgan fingerprint density at radius 2 is 1.83 bits per heavy atom. The van der Waals surface area contributed by atoms with Crippen molar-refractivity contribution in [1.82, 2.24) is 15.1 Å². The van der Waals surface area contributed by atoms with Gasteiger partial charge in [0.25, 0.3) is 5.91 Å². The average molecular weight is 422 g/mol. The standard InChI is InChI=1S/C23H27N5OS/c1-3-18-7-9-19(10-8-18)24-22(29)23-26-25-21(30-23)16-27-11-13-28(14-12-27)20-6-4-5-17(2)15-20/h4-10,15H,3,11-14,16H2,1-2H3,(H,24,29). The molecule has 0 unspecified atom stereocenters. The molecule has 6 nitrogen and oxygen atoms in total. The van der Waals surface area contributed by atoms with Crippen molar-refractivity contribution in [3.8, 4) is 0 Å². The van der Waals surface area contributed by atoms with Crippen molar-refractivity contribution >= 4 is 28.6 Å². The van der Waals surface area contributed by atoms with E-state index in [0.717, 1.165) is 49.8 Å². The molecule has 1 aliphatic rings. The zero-order valence-corrected chi connectivity index (χ0v) is 18.3. The Labute approximate surface area is 181 Å². The lowest BCUT2D eigenvalue weighted by Crippen LogP contribution is -2.45. The van der Waals surface area contributed by atoms with E-state index in [1.165, 1.54) is 28.2 Å². The molecule has 1 aromatic heterocycles. The van der Waals surface area contributed by atoms with Crippen LogP contribution in [0.2, 0.25) is 0 Å². The highest BCUT2D eigenvalue weighted by atomic mass is 32.1. The summed E-state index contributed by atoms with van der Waals surface area (Å²) < 4.78 is 0. The first kappa shape index (κ1) is 20.5. The predicted octanol–water partition coefficient (Wildman–Crippen LogP) is 3.98. The van der Waals surface area contributed by atoms with Crippen molar-refractivity contribution < 1.29 is 4.79 Å². The fraction of sp³-hybridized carbons (Fsp3) is 0.348. The fourth-order valence-corrected chi connectivity index (χ4v) is 4.38. The Morgan fingerprint density at radius 1 is 1.07 bits per heavy atom. The van der Waals surface area contributed by atoms with Gasteiger partial charge in [0.05, 0.1) is 6.54 Å². The minimum Gasteiger partial charge on any atom is -0.369 e. The normalized spacial score (nSPS) is 14.7. The largest absolute Gasteiger partial charge is 0.369 e. The molecule has 4 rings (SSSR count). The summed E-state index contributed by atoms with van der Waals surface area (Å²) >= 11 is 1.37. The van der Waals surface area contributed by atoms with E-state index in [1.807, 2.05) is 24.3 Å². The van der Waals surface area contributed by atoms with Crippen LogP contribution in [0.5, 0.6) is 0 Å². The Kier molecular flexibility index (Phi) is 6.40. The summed E-state index contributed by atoms with van der Waals surface area (Å²) in [6.07, 6.45) is 0.979. The molecule has 1 amide bonds. The molecule has 1 fully saturated rings. The minimum absolute atomic E-state index is 0.202. The second-order valence-electron chi connectivity index (χ2n) is 7.61. The topological polar surface area (TPSA) is 61.4 Å². The quantitative estimate of drug-likeness (QED) is 0.652. The van der Waals surface area contributed by atoms with Crippen LogP contribution in [0.15, 0.2) is 48.5 Å². The van der Waals surface area contributed by atoms with E-state index in [2.05, 4.69) is 63.4 Å². The van der Waals surface area contributed by atoms with Crippen LogP contribution in [0.1, 0.15) is 32.9 Å². The average Bonchev–Trinajstić information content (AvgIpc) is 3.23. The number of aromatic nitrogens is 2. The Balaban J connectivity index is 1.29. The van der Waals surface area contributed by atoms with E-state index in [-0.39, 0.29) is 5.91 Å². The molecule has 3 aromatic rings. The number of carbonyl (C=O) groups excluding carboxylic acids is 1. The Morgan fingerprint density at radius 3 is 2.53 bits per heavy atom. The van der Waals surface area contributed by atoms with Crippen LogP contribution in [0.25, 0.3) is 0 Å². The monoisotopic (exact) mass is 421 g/mol. The van der Waals surface area contributed by atoms with Gasteiger partial charge in [0.1, 0.15) is 5.01 Å². The first-order valence-electron chi connectivity index (χ1n) is 10.4. The molecule has 0 bridgehead atoms. The summed E-state index contributed by atoms with van der Waals surface area (Å²) in [6, 6.07) is 16.6. The molecule has 2 aromatic carbocycles. The van der Waals surface area contributed by atoms with E-state index < -0.39 is 0 Å². The zero-order chi connectivity index (χ0) is 20.9. The zero-order valence-electron chi connectivity index (χ0n) is 17.5. The summed E-state index contributed by atoms with van der Waals surface area (Å²) in [5, 5.41) is 12.5. The summed E-state index contributed by atoms with van der Waals surface area (Å²) in [6.45, 7) is 8.89. The van der Waals surface area contributed by atoms with Gasteiger partial charge in [-0.05, 0) is 48.7 Å². The lowest BCUT2D eigenvalue weighted by molar-refractivity contribution is 0.102. The number of nitrogens with zero attached hydrogens (tertiary/aromatic N) is 4. The number of piperazine rings is 1. The second kappa shape index (κ2) is 9.36. The van der Waals surface area contributed by atoms with Crippen molar-refractivity contribution in [3.63, 3.8) is 0 Å². The molecule has 0 saturated carbocycles. The molecule has 0 atom stereocenters. The molecular formula is C23H27N5OS. The smallest absolute Gasteiger partial charge is 0.286 e. The van der Waals surface area contributed by atoms with Crippen LogP contribution in [0.4, 0.5) is 11.4 Å². The van der Waals surface area contributed by atoms with Crippen molar-refractivity contribution in [3.05, 3.63) is 69.7 Å². The Hall–Kier alpha value is -2.77. The summed E-state index contributed by atoms with van der Waals surface area (Å²) in [5.74, 6) is -0.202. The molecule has 0 spiro atoms. The summed E-state index contributed by atoms with van der Waals surface area (Å²) in [5.41, 5.74) is 4.60. The number of benzene rings is 2. The SMILES string of the molecule is CCc1ccc(NC(=O)c2nnc(CN3CCN(c4cccc(C)c4)CC3)s2)cc1. The van der Waals surface area contributed by atoms with Gasteiger partial charge in [0.2, 0.25) is 5.01 Å². The second-order valence-corrected chi connectivity index (χ2v) is 8.67. The van der Waals surface area contributed by atoms with Gasteiger partial charge in [-0.3, -0.25) is 9.69 Å². The maximum atomic E-state index is 12.5. The van der Waals surface area contributed by atoms with Crippen LogP contribution in [0, 0.1) is 6.92 Å². The number of amides is 1. The van der Waals surface area contributed by atoms with Gasteiger partial charge in [-0.1, -0.05) is 42.5 Å². The molecule has 0 aliphatic carbocycles. The van der Waals surface area contributed by atoms with Gasteiger partial charge in [-0.2, -0.15) is 0 Å². The summed E-state index contributed by atoms with van der Waals surface area (Å²) in [4.78, 5) is 17.3. The van der Waals surface area contributed by atoms with E-state index in [4.69, 9.17) is 0 Å². The van der Waals surface area contributed by atoms with Crippen LogP contribution in [-0.4, -0.2) is 47.2 Å². The van der Waals surface area contributed by atoms with Gasteiger partial charge in [0, 0.05) is 37.6 Å². The number of anilines is 2. The van der Waals surface area contributed by atoms with Crippen LogP contribution in [-0.2, 0) is 13.0 Å². The third-order valence-corrected chi connectivity index (χ3v) is 6.29. The Bertz CT molecular complexity index is 993. The number of carbonyl (C=O) groups is 1. The molecule has 7 heteroatoms. The molecule has 156 valence electrons. The highest BCUT2D eigenvalue weighted by molar-refractivity contribution is 7.13. The van der Waals surface area contributed by atoms with Crippen molar-refractivity contribution in [1.29, 1.82) is 0 Å². The first-order valence-corrected chi connectivity index (χ1v) is 11.2. The van der Waals surface area contributed by atoms with Gasteiger partial charge >= 0.3 is 0 Å². The van der Waals surface area contributed by atoms with E-state index >= 15 is 0 Å². The number of hydrogen-bond donors (Lipinski definition) is 1. The van der Waals surface area contributed by atoms with Crippen LogP contribution in [0.3, 0.4) is 0 Å². The van der Waals surface area contributed by atoms with Gasteiger partial charge in [-0.15, -0.1) is 10.2 Å². The lowest BCUT2D eigenvalue weighted by Gasteiger charge is -2.35. The fourth-order valence-electron chi connectivity index (χ4n) is 3.60. The van der Waals surface area contributed by atoms with Crippen molar-refractivity contribution in [2.75, 3.05) is 36.4 Å². The van der Waals surface area contributed by atoms with Crippen LogP contribution < -0.4 is 10.2 Å². The van der Waals surface area contributed by atoms with Gasteiger partial charge < -0.3 is 10.2 Å². The highest BCUT2D eigenvalue weighted by Gasteiger charge is 2.20. The maximum Gasteiger partial charge on any atom is 0.286 e. The van der Waals surface area contributed by atoms with Crippen molar-refractivity contribution in [2.24, 2.45) is 0 Å². The molecule has 2 heterocycles. The predicted molar refractivity (Wildman–Crippen MR) is 122 cm³/mol. The van der Waals surface area contributed by atoms with Gasteiger partial charge in [-0.25, -0.2) is 0 Å². The lowest BCUT2D eigenvalue weighted by atomic mass is 10.1. The van der Waals surface area contributed by atoms with Crippen molar-refractivity contribution in [2.45, 2.75) is 26.8 Å². The van der Waals surface area contributed by atoms with E-state index in [1.54, 1.807) is 0 Å². The molecule has 1 saturated heterocycles.